The van der Waals surface area contributed by atoms with Gasteiger partial charge in [-0.2, -0.15) is 0 Å². The average molecular weight is 316 g/mol. The lowest BCUT2D eigenvalue weighted by atomic mass is 10.2. The summed E-state index contributed by atoms with van der Waals surface area (Å²) in [6.45, 7) is 4.29. The van der Waals surface area contributed by atoms with Crippen molar-refractivity contribution in [3.8, 4) is 0 Å². The minimum Gasteiger partial charge on any atom is -0.294 e. The van der Waals surface area contributed by atoms with Gasteiger partial charge >= 0.3 is 0 Å². The Balaban J connectivity index is 2.08. The Morgan fingerprint density at radius 3 is 2.55 bits per heavy atom. The Labute approximate surface area is 126 Å². The van der Waals surface area contributed by atoms with Gasteiger partial charge in [-0.15, -0.1) is 11.3 Å². The number of hydrogen-bond acceptors (Lipinski definition) is 4. The molecule has 0 bridgehead atoms. The Morgan fingerprint density at radius 2 is 2.00 bits per heavy atom. The fraction of sp³-hybridized carbons (Fsp3) is 0.714. The molecule has 0 spiro atoms. The molecular formula is C14H24N2O2S2. The third-order valence-corrected chi connectivity index (χ3v) is 6.17. The maximum atomic E-state index is 11.7. The summed E-state index contributed by atoms with van der Waals surface area (Å²) in [6.07, 6.45) is 4.99. The highest BCUT2D eigenvalue weighted by molar-refractivity contribution is 7.89. The van der Waals surface area contributed by atoms with Crippen LogP contribution in [0.1, 0.15) is 43.5 Å². The third kappa shape index (κ3) is 4.55. The van der Waals surface area contributed by atoms with Crippen molar-refractivity contribution in [3.63, 3.8) is 0 Å². The van der Waals surface area contributed by atoms with E-state index in [-0.39, 0.29) is 11.8 Å². The van der Waals surface area contributed by atoms with E-state index < -0.39 is 10.0 Å². The Kier molecular flexibility index (Phi) is 6.01. The first kappa shape index (κ1) is 15.9. The van der Waals surface area contributed by atoms with Gasteiger partial charge in [0.1, 0.15) is 0 Å². The van der Waals surface area contributed by atoms with Gasteiger partial charge < -0.3 is 0 Å². The molecule has 6 heteroatoms. The van der Waals surface area contributed by atoms with Gasteiger partial charge in [-0.1, -0.05) is 18.9 Å². The highest BCUT2D eigenvalue weighted by Gasteiger charge is 2.23. The first-order valence-corrected chi connectivity index (χ1v) is 9.90. The normalized spacial score (nSPS) is 19.6. The molecule has 0 amide bonds. The number of sulfonamides is 1. The number of nitrogens with zero attached hydrogens (tertiary/aromatic N) is 1. The van der Waals surface area contributed by atoms with Gasteiger partial charge in [0.25, 0.3) is 0 Å². The summed E-state index contributed by atoms with van der Waals surface area (Å²) in [4.78, 5) is 3.70. The van der Waals surface area contributed by atoms with Crippen molar-refractivity contribution in [2.45, 2.75) is 38.6 Å². The van der Waals surface area contributed by atoms with Crippen LogP contribution in [0.3, 0.4) is 0 Å². The van der Waals surface area contributed by atoms with Crippen LogP contribution >= 0.6 is 11.3 Å². The van der Waals surface area contributed by atoms with E-state index in [0.29, 0.717) is 6.54 Å². The summed E-state index contributed by atoms with van der Waals surface area (Å²) in [5.74, 6) is 0.143. The van der Waals surface area contributed by atoms with Crippen molar-refractivity contribution in [1.29, 1.82) is 0 Å². The summed E-state index contributed by atoms with van der Waals surface area (Å²) < 4.78 is 26.1. The van der Waals surface area contributed by atoms with Crippen LogP contribution < -0.4 is 4.72 Å². The van der Waals surface area contributed by atoms with Crippen LogP contribution in [0.2, 0.25) is 0 Å². The zero-order valence-electron chi connectivity index (χ0n) is 12.0. The molecule has 1 atom stereocenters. The van der Waals surface area contributed by atoms with Crippen molar-refractivity contribution in [3.05, 3.63) is 22.4 Å². The van der Waals surface area contributed by atoms with Crippen molar-refractivity contribution < 1.29 is 8.42 Å². The lowest BCUT2D eigenvalue weighted by Crippen LogP contribution is -2.38. The molecule has 0 aliphatic carbocycles. The lowest BCUT2D eigenvalue weighted by Gasteiger charge is -2.30. The van der Waals surface area contributed by atoms with Gasteiger partial charge in [-0.05, 0) is 44.3 Å². The Bertz CT molecular complexity index is 477. The second-order valence-electron chi connectivity index (χ2n) is 5.23. The molecule has 1 aromatic heterocycles. The molecule has 2 heterocycles. The van der Waals surface area contributed by atoms with E-state index in [0.717, 1.165) is 13.1 Å². The van der Waals surface area contributed by atoms with Gasteiger partial charge in [0.05, 0.1) is 11.8 Å². The molecule has 0 aromatic carbocycles. The molecule has 1 aromatic rings. The lowest BCUT2D eigenvalue weighted by molar-refractivity contribution is 0.209. The first-order valence-electron chi connectivity index (χ1n) is 7.37. The minimum absolute atomic E-state index is 0.143. The molecule has 20 heavy (non-hydrogen) atoms. The predicted molar refractivity (Wildman–Crippen MR) is 84.6 cm³/mol. The van der Waals surface area contributed by atoms with Gasteiger partial charge in [-0.25, -0.2) is 13.1 Å². The van der Waals surface area contributed by atoms with Crippen molar-refractivity contribution in [2.75, 3.05) is 25.4 Å². The average Bonchev–Trinajstić information content (AvgIpc) is 2.82. The number of rotatable bonds is 6. The first-order chi connectivity index (χ1) is 9.62. The van der Waals surface area contributed by atoms with E-state index in [4.69, 9.17) is 0 Å². The summed E-state index contributed by atoms with van der Waals surface area (Å²) in [7, 11) is -3.13. The third-order valence-electron chi connectivity index (χ3n) is 3.83. The topological polar surface area (TPSA) is 49.4 Å². The van der Waals surface area contributed by atoms with Crippen LogP contribution in [-0.4, -0.2) is 38.7 Å². The van der Waals surface area contributed by atoms with Gasteiger partial charge in [-0.3, -0.25) is 4.90 Å². The standard InChI is InChI=1S/C14H24N2O2S2/c1-2-20(17,18)15-12-13(14-8-7-11-19-14)16-9-5-3-4-6-10-16/h7-8,11,13,15H,2-6,9-10,12H2,1H3. The monoisotopic (exact) mass is 316 g/mol. The predicted octanol–water partition coefficient (Wildman–Crippen LogP) is 2.60. The molecule has 1 fully saturated rings. The van der Waals surface area contributed by atoms with Crippen molar-refractivity contribution >= 4 is 21.4 Å². The van der Waals surface area contributed by atoms with E-state index in [1.54, 1.807) is 18.3 Å². The molecule has 0 radical (unpaired) electrons. The molecule has 4 nitrogen and oxygen atoms in total. The molecular weight excluding hydrogens is 292 g/mol. The van der Waals surface area contributed by atoms with Crippen LogP contribution in [-0.2, 0) is 10.0 Å². The Morgan fingerprint density at radius 1 is 1.30 bits per heavy atom. The second kappa shape index (κ2) is 7.54. The van der Waals surface area contributed by atoms with Crippen LogP contribution in [0.5, 0.6) is 0 Å². The zero-order chi connectivity index (χ0) is 14.4. The SMILES string of the molecule is CCS(=O)(=O)NCC(c1cccs1)N1CCCCCC1. The van der Waals surface area contributed by atoms with E-state index in [9.17, 15) is 8.42 Å². The van der Waals surface area contributed by atoms with Gasteiger partial charge in [0.2, 0.25) is 10.0 Å². The van der Waals surface area contributed by atoms with Crippen LogP contribution in [0.15, 0.2) is 17.5 Å². The van der Waals surface area contributed by atoms with Gasteiger partial charge in [0, 0.05) is 11.4 Å². The highest BCUT2D eigenvalue weighted by Crippen LogP contribution is 2.27. The molecule has 0 saturated carbocycles. The Hall–Kier alpha value is -0.430. The number of nitrogens with one attached hydrogen (secondary N) is 1. The highest BCUT2D eigenvalue weighted by atomic mass is 32.2. The van der Waals surface area contributed by atoms with Crippen LogP contribution in [0.4, 0.5) is 0 Å². The molecule has 1 N–H and O–H groups in total. The summed E-state index contributed by atoms with van der Waals surface area (Å²) >= 11 is 1.71. The smallest absolute Gasteiger partial charge is 0.211 e. The minimum atomic E-state index is -3.13. The molecule has 2 rings (SSSR count). The van der Waals surface area contributed by atoms with E-state index in [2.05, 4.69) is 21.1 Å². The number of hydrogen-bond donors (Lipinski definition) is 1. The van der Waals surface area contributed by atoms with Crippen molar-refractivity contribution in [1.82, 2.24) is 9.62 Å². The molecule has 1 unspecified atom stereocenters. The number of likely N-dealkylation sites (tertiary alicyclic amines) is 1. The maximum absolute atomic E-state index is 11.7. The van der Waals surface area contributed by atoms with Crippen LogP contribution in [0.25, 0.3) is 0 Å². The molecule has 1 aliphatic rings. The molecule has 1 aliphatic heterocycles. The van der Waals surface area contributed by atoms with Gasteiger partial charge in [0.15, 0.2) is 0 Å². The maximum Gasteiger partial charge on any atom is 0.211 e. The summed E-state index contributed by atoms with van der Waals surface area (Å²) in [5.41, 5.74) is 0. The zero-order valence-corrected chi connectivity index (χ0v) is 13.7. The largest absolute Gasteiger partial charge is 0.294 e. The fourth-order valence-corrected chi connectivity index (χ4v) is 4.08. The van der Waals surface area contributed by atoms with Crippen molar-refractivity contribution in [2.24, 2.45) is 0 Å². The van der Waals surface area contributed by atoms with E-state index in [1.807, 2.05) is 6.07 Å². The number of thiophene rings is 1. The quantitative estimate of drug-likeness (QED) is 0.877. The summed E-state index contributed by atoms with van der Waals surface area (Å²) in [6, 6.07) is 4.33. The summed E-state index contributed by atoms with van der Waals surface area (Å²) in [5, 5.41) is 2.06. The van der Waals surface area contributed by atoms with Crippen LogP contribution in [0, 0.1) is 0 Å². The molecule has 114 valence electrons. The molecule has 1 saturated heterocycles. The van der Waals surface area contributed by atoms with E-state index >= 15 is 0 Å². The van der Waals surface area contributed by atoms with E-state index in [1.165, 1.54) is 30.6 Å². The second-order valence-corrected chi connectivity index (χ2v) is 8.31. The fourth-order valence-electron chi connectivity index (χ4n) is 2.61.